The van der Waals surface area contributed by atoms with E-state index in [1.54, 1.807) is 0 Å². The molecule has 3 aliphatic carbocycles. The van der Waals surface area contributed by atoms with Gasteiger partial charge in [-0.1, -0.05) is 0 Å². The van der Waals surface area contributed by atoms with Gasteiger partial charge in [-0.15, -0.1) is 0 Å². The van der Waals surface area contributed by atoms with Gasteiger partial charge in [-0.05, 0) is 38.5 Å². The molecule has 5 heteroatoms. The monoisotopic (exact) mass is 243 g/mol. The molecule has 98 valence electrons. The number of ether oxygens (including phenoxy) is 1. The molecule has 2 bridgehead atoms. The van der Waals surface area contributed by atoms with Crippen molar-refractivity contribution in [1.82, 2.24) is 0 Å². The zero-order valence-electron chi connectivity index (χ0n) is 10.5. The van der Waals surface area contributed by atoms with E-state index in [1.165, 1.54) is 7.11 Å². The molecular weight excluding hydrogens is 222 g/mol. The number of hydrogen-bond donors (Lipinski definition) is 2. The van der Waals surface area contributed by atoms with Gasteiger partial charge in [0.2, 0.25) is 0 Å². The Kier molecular flexibility index (Phi) is 4.14. The van der Waals surface area contributed by atoms with Gasteiger partial charge < -0.3 is 15.6 Å². The minimum atomic E-state index is -0.833. The number of aliphatic carboxylic acids is 1. The Morgan fingerprint density at radius 2 is 1.47 bits per heavy atom. The average molecular weight is 243 g/mol. The number of methoxy groups -OCH3 is 1. The van der Waals surface area contributed by atoms with Crippen LogP contribution in [0.5, 0.6) is 0 Å². The van der Waals surface area contributed by atoms with Crippen LogP contribution in [0, 0.1) is 5.41 Å². The van der Waals surface area contributed by atoms with E-state index in [0.29, 0.717) is 0 Å². The Balaban J connectivity index is 0.000000317. The Hall–Kier alpha value is -1.10. The fraction of sp³-hybridized carbons (Fsp3) is 0.833. The first-order chi connectivity index (χ1) is 7.83. The highest BCUT2D eigenvalue weighted by Crippen LogP contribution is 2.51. The molecule has 5 nitrogen and oxygen atoms in total. The van der Waals surface area contributed by atoms with Crippen molar-refractivity contribution in [3.63, 3.8) is 0 Å². The third-order valence-electron chi connectivity index (χ3n) is 3.92. The van der Waals surface area contributed by atoms with Crippen LogP contribution in [0.1, 0.15) is 45.4 Å². The fourth-order valence-corrected chi connectivity index (χ4v) is 2.74. The summed E-state index contributed by atoms with van der Waals surface area (Å²) in [4.78, 5) is 20.6. The van der Waals surface area contributed by atoms with Crippen LogP contribution in [0.15, 0.2) is 0 Å². The maximum Gasteiger partial charge on any atom is 0.311 e. The molecule has 0 heterocycles. The molecule has 0 atom stereocenters. The van der Waals surface area contributed by atoms with Crippen LogP contribution in [-0.4, -0.2) is 29.7 Å². The van der Waals surface area contributed by atoms with Gasteiger partial charge in [0.15, 0.2) is 0 Å². The van der Waals surface area contributed by atoms with Crippen molar-refractivity contribution in [2.75, 3.05) is 7.11 Å². The molecule has 0 unspecified atom stereocenters. The molecule has 0 saturated heterocycles. The molecule has 0 aromatic carbocycles. The van der Waals surface area contributed by atoms with E-state index in [2.05, 4.69) is 0 Å². The van der Waals surface area contributed by atoms with Crippen LogP contribution >= 0.6 is 0 Å². The zero-order valence-corrected chi connectivity index (χ0v) is 10.5. The summed E-state index contributed by atoms with van der Waals surface area (Å²) in [6.07, 6.45) is 5.74. The second-order valence-corrected chi connectivity index (χ2v) is 5.15. The van der Waals surface area contributed by atoms with Gasteiger partial charge >= 0.3 is 5.97 Å². The van der Waals surface area contributed by atoms with E-state index in [9.17, 15) is 4.79 Å². The third-order valence-corrected chi connectivity index (χ3v) is 3.92. The first-order valence-corrected chi connectivity index (χ1v) is 5.90. The number of carboxylic acid groups (broad SMARTS) is 1. The lowest BCUT2D eigenvalue weighted by Crippen LogP contribution is -2.54. The van der Waals surface area contributed by atoms with Crippen molar-refractivity contribution < 1.29 is 19.4 Å². The summed E-state index contributed by atoms with van der Waals surface area (Å²) in [6, 6.07) is 0. The van der Waals surface area contributed by atoms with E-state index in [4.69, 9.17) is 20.4 Å². The Bertz CT molecular complexity index is 285. The van der Waals surface area contributed by atoms with Gasteiger partial charge in [0.1, 0.15) is 0 Å². The second kappa shape index (κ2) is 5.04. The number of carbonyl (C=O) groups is 2. The highest BCUT2D eigenvalue weighted by Gasteiger charge is 2.51. The van der Waals surface area contributed by atoms with Crippen LogP contribution < -0.4 is 5.73 Å². The van der Waals surface area contributed by atoms with E-state index >= 15 is 0 Å². The lowest BCUT2D eigenvalue weighted by atomic mass is 9.57. The molecule has 0 spiro atoms. The van der Waals surface area contributed by atoms with Gasteiger partial charge in [0.25, 0.3) is 5.97 Å². The Morgan fingerprint density at radius 1 is 1.12 bits per heavy atom. The number of rotatable bonds is 1. The topological polar surface area (TPSA) is 89.6 Å². The zero-order chi connectivity index (χ0) is 13.1. The molecule has 3 aliphatic rings. The standard InChI is InChI=1S/C10H17NO2.C2H4O2/c1-13-8(12)9-2-5-10(11,6-3-9)7-4-9;1-2(3)4/h2-7,11H2,1H3;1H3,(H,3,4). The lowest BCUT2D eigenvalue weighted by Gasteiger charge is -2.49. The number of carbonyl (C=O) groups excluding carboxylic acids is 1. The highest BCUT2D eigenvalue weighted by atomic mass is 16.5. The van der Waals surface area contributed by atoms with Crippen LogP contribution in [0.25, 0.3) is 0 Å². The van der Waals surface area contributed by atoms with Crippen LogP contribution in [0.4, 0.5) is 0 Å². The van der Waals surface area contributed by atoms with Crippen LogP contribution in [0.3, 0.4) is 0 Å². The molecule has 3 saturated carbocycles. The minimum Gasteiger partial charge on any atom is -0.481 e. The van der Waals surface area contributed by atoms with Gasteiger partial charge in [0.05, 0.1) is 12.5 Å². The number of nitrogens with two attached hydrogens (primary N) is 1. The minimum absolute atomic E-state index is 0.0192. The summed E-state index contributed by atoms with van der Waals surface area (Å²) < 4.78 is 4.86. The SMILES string of the molecule is CC(=O)O.COC(=O)C12CCC(N)(CC1)CC2. The van der Waals surface area contributed by atoms with Crippen LogP contribution in [-0.2, 0) is 14.3 Å². The van der Waals surface area contributed by atoms with Crippen LogP contribution in [0.2, 0.25) is 0 Å². The molecular formula is C12H21NO4. The predicted molar refractivity (Wildman–Crippen MR) is 62.4 cm³/mol. The van der Waals surface area contributed by atoms with Crippen molar-refractivity contribution in [3.05, 3.63) is 0 Å². The van der Waals surface area contributed by atoms with Crippen molar-refractivity contribution >= 4 is 11.9 Å². The third kappa shape index (κ3) is 3.19. The van der Waals surface area contributed by atoms with Crippen molar-refractivity contribution in [2.24, 2.45) is 11.1 Å². The molecule has 3 fully saturated rings. The Labute approximate surface area is 101 Å². The molecule has 0 radical (unpaired) electrons. The summed E-state index contributed by atoms with van der Waals surface area (Å²) in [7, 11) is 1.48. The lowest BCUT2D eigenvalue weighted by molar-refractivity contribution is -0.159. The molecule has 0 amide bonds. The number of esters is 1. The highest BCUT2D eigenvalue weighted by molar-refractivity contribution is 5.77. The summed E-state index contributed by atoms with van der Waals surface area (Å²) in [5, 5.41) is 7.42. The number of carboxylic acids is 1. The van der Waals surface area contributed by atoms with E-state index in [0.717, 1.165) is 45.4 Å². The predicted octanol–water partition coefficient (Wildman–Crippen LogP) is 1.30. The first kappa shape index (κ1) is 14.0. The maximum atomic E-state index is 11.6. The summed E-state index contributed by atoms with van der Waals surface area (Å²) in [5.41, 5.74) is 6.01. The van der Waals surface area contributed by atoms with Crippen molar-refractivity contribution in [3.8, 4) is 0 Å². The van der Waals surface area contributed by atoms with Gasteiger partial charge in [-0.25, -0.2) is 0 Å². The normalized spacial score (nSPS) is 34.5. The molecule has 3 rings (SSSR count). The number of hydrogen-bond acceptors (Lipinski definition) is 4. The van der Waals surface area contributed by atoms with Gasteiger partial charge in [0, 0.05) is 12.5 Å². The van der Waals surface area contributed by atoms with Crippen molar-refractivity contribution in [1.29, 1.82) is 0 Å². The quantitative estimate of drug-likeness (QED) is 0.677. The molecule has 3 N–H and O–H groups in total. The average Bonchev–Trinajstić information content (AvgIpc) is 2.29. The molecule has 0 aromatic heterocycles. The van der Waals surface area contributed by atoms with Gasteiger partial charge in [-0.2, -0.15) is 0 Å². The second-order valence-electron chi connectivity index (χ2n) is 5.15. The molecule has 17 heavy (non-hydrogen) atoms. The smallest absolute Gasteiger partial charge is 0.311 e. The maximum absolute atomic E-state index is 11.6. The Morgan fingerprint density at radius 3 is 1.76 bits per heavy atom. The van der Waals surface area contributed by atoms with Gasteiger partial charge in [-0.3, -0.25) is 9.59 Å². The van der Waals surface area contributed by atoms with Crippen molar-refractivity contribution in [2.45, 2.75) is 51.0 Å². The summed E-state index contributed by atoms with van der Waals surface area (Å²) in [5.74, 6) is -0.853. The van der Waals surface area contributed by atoms with E-state index in [-0.39, 0.29) is 16.9 Å². The number of fused-ring (bicyclic) bond motifs is 3. The van der Waals surface area contributed by atoms with E-state index < -0.39 is 5.97 Å². The van der Waals surface area contributed by atoms with E-state index in [1.807, 2.05) is 0 Å². The molecule has 0 aliphatic heterocycles. The summed E-state index contributed by atoms with van der Waals surface area (Å²) >= 11 is 0. The molecule has 0 aromatic rings. The largest absolute Gasteiger partial charge is 0.481 e. The first-order valence-electron chi connectivity index (χ1n) is 5.90. The summed E-state index contributed by atoms with van der Waals surface area (Å²) in [6.45, 7) is 1.08. The fourth-order valence-electron chi connectivity index (χ4n) is 2.74.